The molecule has 0 spiro atoms. The van der Waals surface area contributed by atoms with E-state index in [4.69, 9.17) is 5.73 Å². The molecule has 0 fully saturated rings. The first-order chi connectivity index (χ1) is 9.72. The molecule has 0 atom stereocenters. The van der Waals surface area contributed by atoms with Crippen molar-refractivity contribution in [1.29, 1.82) is 0 Å². The van der Waals surface area contributed by atoms with Crippen molar-refractivity contribution in [2.24, 2.45) is 10.7 Å². The average Bonchev–Trinajstić information content (AvgIpc) is 2.91. The molecular weight excluding hydrogens is 248 g/mol. The van der Waals surface area contributed by atoms with Crippen LogP contribution in [0, 0.1) is 0 Å². The minimum Gasteiger partial charge on any atom is -0.370 e. The van der Waals surface area contributed by atoms with Crippen LogP contribution in [-0.4, -0.2) is 37.0 Å². The molecule has 4 nitrogen and oxygen atoms in total. The first-order valence-electron chi connectivity index (χ1n) is 7.64. The van der Waals surface area contributed by atoms with E-state index in [9.17, 15) is 0 Å². The van der Waals surface area contributed by atoms with Crippen molar-refractivity contribution in [3.8, 4) is 0 Å². The largest absolute Gasteiger partial charge is 0.370 e. The van der Waals surface area contributed by atoms with Crippen molar-refractivity contribution >= 4 is 11.6 Å². The Kier molecular flexibility index (Phi) is 5.41. The van der Waals surface area contributed by atoms with Gasteiger partial charge in [0.1, 0.15) is 0 Å². The van der Waals surface area contributed by atoms with Crippen molar-refractivity contribution in [3.05, 3.63) is 29.3 Å². The van der Waals surface area contributed by atoms with Gasteiger partial charge in [-0.2, -0.15) is 0 Å². The molecular formula is C16H26N4. The number of nitrogens with two attached hydrogens (primary N) is 1. The lowest BCUT2D eigenvalue weighted by atomic mass is 10.1. The summed E-state index contributed by atoms with van der Waals surface area (Å²) in [5, 5.41) is 3.19. The van der Waals surface area contributed by atoms with Crippen LogP contribution in [-0.2, 0) is 12.8 Å². The first-order valence-corrected chi connectivity index (χ1v) is 7.64. The van der Waals surface area contributed by atoms with Gasteiger partial charge in [0.25, 0.3) is 0 Å². The number of guanidine groups is 1. The lowest BCUT2D eigenvalue weighted by molar-refractivity contribution is 0.313. The fraction of sp³-hybridized carbons (Fsp3) is 0.562. The van der Waals surface area contributed by atoms with Crippen LogP contribution >= 0.6 is 0 Å². The van der Waals surface area contributed by atoms with Crippen LogP contribution in [0.5, 0.6) is 0 Å². The van der Waals surface area contributed by atoms with E-state index in [1.165, 1.54) is 30.4 Å². The number of nitrogens with zero attached hydrogens (tertiary/aromatic N) is 2. The lowest BCUT2D eigenvalue weighted by Crippen LogP contribution is -2.28. The summed E-state index contributed by atoms with van der Waals surface area (Å²) < 4.78 is 0. The van der Waals surface area contributed by atoms with E-state index < -0.39 is 0 Å². The molecule has 0 radical (unpaired) electrons. The van der Waals surface area contributed by atoms with Crippen molar-refractivity contribution in [2.75, 3.05) is 31.5 Å². The van der Waals surface area contributed by atoms with E-state index in [2.05, 4.69) is 47.3 Å². The second-order valence-electron chi connectivity index (χ2n) is 5.26. The minimum absolute atomic E-state index is 0.509. The van der Waals surface area contributed by atoms with E-state index in [-0.39, 0.29) is 0 Å². The van der Waals surface area contributed by atoms with Gasteiger partial charge in [-0.3, -0.25) is 4.99 Å². The van der Waals surface area contributed by atoms with Gasteiger partial charge >= 0.3 is 0 Å². The third-order valence-electron chi connectivity index (χ3n) is 3.96. The lowest BCUT2D eigenvalue weighted by Gasteiger charge is -2.16. The van der Waals surface area contributed by atoms with Gasteiger partial charge in [-0.15, -0.1) is 0 Å². The minimum atomic E-state index is 0.509. The SMILES string of the molecule is CCN(CC)CCN=C(N)Nc1ccc2c(c1)CCC2. The molecule has 0 amide bonds. The Bertz CT molecular complexity index is 464. The molecule has 110 valence electrons. The number of nitrogens with one attached hydrogen (secondary N) is 1. The molecule has 0 bridgehead atoms. The molecule has 0 saturated heterocycles. The third kappa shape index (κ3) is 3.97. The fourth-order valence-corrected chi connectivity index (χ4v) is 2.69. The number of fused-ring (bicyclic) bond motifs is 1. The van der Waals surface area contributed by atoms with Gasteiger partial charge in [-0.05, 0) is 55.6 Å². The van der Waals surface area contributed by atoms with Gasteiger partial charge in [-0.1, -0.05) is 19.9 Å². The summed E-state index contributed by atoms with van der Waals surface area (Å²) in [5.41, 5.74) is 9.92. The molecule has 0 saturated carbocycles. The maximum atomic E-state index is 5.94. The highest BCUT2D eigenvalue weighted by Gasteiger charge is 2.10. The van der Waals surface area contributed by atoms with Crippen LogP contribution in [0.1, 0.15) is 31.4 Å². The normalized spacial score (nSPS) is 14.7. The van der Waals surface area contributed by atoms with Gasteiger partial charge in [0.05, 0.1) is 6.54 Å². The van der Waals surface area contributed by atoms with Crippen LogP contribution in [0.15, 0.2) is 23.2 Å². The zero-order chi connectivity index (χ0) is 14.4. The first kappa shape index (κ1) is 14.9. The number of anilines is 1. The fourth-order valence-electron chi connectivity index (χ4n) is 2.69. The quantitative estimate of drug-likeness (QED) is 0.618. The highest BCUT2D eigenvalue weighted by molar-refractivity contribution is 5.92. The molecule has 20 heavy (non-hydrogen) atoms. The number of rotatable bonds is 6. The summed E-state index contributed by atoms with van der Waals surface area (Å²) in [7, 11) is 0. The Morgan fingerprint density at radius 2 is 2.00 bits per heavy atom. The Hall–Kier alpha value is -1.55. The molecule has 3 N–H and O–H groups in total. The van der Waals surface area contributed by atoms with Crippen LogP contribution in [0.2, 0.25) is 0 Å². The maximum absolute atomic E-state index is 5.94. The maximum Gasteiger partial charge on any atom is 0.193 e. The summed E-state index contributed by atoms with van der Waals surface area (Å²) in [5.74, 6) is 0.509. The van der Waals surface area contributed by atoms with E-state index in [0.717, 1.165) is 31.9 Å². The molecule has 0 aromatic heterocycles. The van der Waals surface area contributed by atoms with E-state index in [1.54, 1.807) is 0 Å². The van der Waals surface area contributed by atoms with Gasteiger partial charge in [0.2, 0.25) is 0 Å². The van der Waals surface area contributed by atoms with Crippen molar-refractivity contribution in [2.45, 2.75) is 33.1 Å². The van der Waals surface area contributed by atoms with Crippen LogP contribution in [0.3, 0.4) is 0 Å². The number of aliphatic imine (C=N–C) groups is 1. The Morgan fingerprint density at radius 3 is 2.75 bits per heavy atom. The van der Waals surface area contributed by atoms with E-state index >= 15 is 0 Å². The van der Waals surface area contributed by atoms with Gasteiger partial charge in [0.15, 0.2) is 5.96 Å². The number of hydrogen-bond donors (Lipinski definition) is 2. The third-order valence-corrected chi connectivity index (χ3v) is 3.96. The number of hydrogen-bond acceptors (Lipinski definition) is 2. The van der Waals surface area contributed by atoms with Crippen LogP contribution in [0.4, 0.5) is 5.69 Å². The standard InChI is InChI=1S/C16H26N4/c1-3-20(4-2)11-10-18-16(17)19-15-9-8-13-6-5-7-14(13)12-15/h8-9,12H,3-7,10-11H2,1-2H3,(H3,17,18,19). The molecule has 1 aromatic rings. The van der Waals surface area contributed by atoms with E-state index in [1.807, 2.05) is 0 Å². The molecule has 0 heterocycles. The molecule has 1 aromatic carbocycles. The number of benzene rings is 1. The predicted octanol–water partition coefficient (Wildman–Crippen LogP) is 2.24. The summed E-state index contributed by atoms with van der Waals surface area (Å²) in [6, 6.07) is 6.50. The van der Waals surface area contributed by atoms with Crippen molar-refractivity contribution in [3.63, 3.8) is 0 Å². The zero-order valence-electron chi connectivity index (χ0n) is 12.7. The molecule has 0 aliphatic heterocycles. The monoisotopic (exact) mass is 274 g/mol. The van der Waals surface area contributed by atoms with Gasteiger partial charge < -0.3 is 16.0 Å². The highest BCUT2D eigenvalue weighted by atomic mass is 15.1. The average molecular weight is 274 g/mol. The Balaban J connectivity index is 1.86. The highest BCUT2D eigenvalue weighted by Crippen LogP contribution is 2.24. The number of aryl methyl sites for hydroxylation is 2. The molecule has 2 rings (SSSR count). The molecule has 4 heteroatoms. The predicted molar refractivity (Wildman–Crippen MR) is 86.4 cm³/mol. The molecule has 0 unspecified atom stereocenters. The zero-order valence-corrected chi connectivity index (χ0v) is 12.7. The summed E-state index contributed by atoms with van der Waals surface area (Å²) in [6.07, 6.45) is 3.67. The summed E-state index contributed by atoms with van der Waals surface area (Å²) in [4.78, 5) is 6.73. The topological polar surface area (TPSA) is 53.6 Å². The van der Waals surface area contributed by atoms with Crippen LogP contribution < -0.4 is 11.1 Å². The summed E-state index contributed by atoms with van der Waals surface area (Å²) in [6.45, 7) is 8.15. The van der Waals surface area contributed by atoms with Gasteiger partial charge in [-0.25, -0.2) is 0 Å². The van der Waals surface area contributed by atoms with E-state index in [0.29, 0.717) is 5.96 Å². The van der Waals surface area contributed by atoms with Gasteiger partial charge in [0, 0.05) is 12.2 Å². The smallest absolute Gasteiger partial charge is 0.193 e. The van der Waals surface area contributed by atoms with Crippen LogP contribution in [0.25, 0.3) is 0 Å². The van der Waals surface area contributed by atoms with Crippen molar-refractivity contribution < 1.29 is 0 Å². The second-order valence-corrected chi connectivity index (χ2v) is 5.26. The van der Waals surface area contributed by atoms with Crippen molar-refractivity contribution in [1.82, 2.24) is 4.90 Å². The number of likely N-dealkylation sites (N-methyl/N-ethyl adjacent to an activating group) is 1. The Morgan fingerprint density at radius 1 is 1.25 bits per heavy atom. The second kappa shape index (κ2) is 7.29. The Labute approximate surface area is 122 Å². The molecule has 1 aliphatic rings. The summed E-state index contributed by atoms with van der Waals surface area (Å²) >= 11 is 0. The molecule has 1 aliphatic carbocycles.